The van der Waals surface area contributed by atoms with E-state index in [9.17, 15) is 4.79 Å². The van der Waals surface area contributed by atoms with E-state index >= 15 is 0 Å². The first kappa shape index (κ1) is 10.3. The van der Waals surface area contributed by atoms with Gasteiger partial charge in [0, 0.05) is 6.20 Å². The second-order valence-electron chi connectivity index (χ2n) is 3.82. The maximum Gasteiger partial charge on any atom is 0.350 e. The second kappa shape index (κ2) is 4.18. The third-order valence-corrected chi connectivity index (χ3v) is 3.41. The van der Waals surface area contributed by atoms with Crippen molar-refractivity contribution in [2.24, 2.45) is 0 Å². The van der Waals surface area contributed by atoms with Gasteiger partial charge in [-0.15, -0.1) is 5.10 Å². The Balaban J connectivity index is 1.90. The molecule has 0 spiro atoms. The lowest BCUT2D eigenvalue weighted by Crippen LogP contribution is -2.21. The van der Waals surface area contributed by atoms with Crippen LogP contribution in [0.15, 0.2) is 46.0 Å². The fourth-order valence-electron chi connectivity index (χ4n) is 1.78. The molecule has 0 N–H and O–H groups in total. The van der Waals surface area contributed by atoms with Crippen LogP contribution in [0.4, 0.5) is 0 Å². The molecular weight excluding hydrogens is 234 g/mol. The van der Waals surface area contributed by atoms with Gasteiger partial charge in [-0.25, -0.2) is 9.48 Å². The first-order valence-electron chi connectivity index (χ1n) is 5.40. The SMILES string of the molecule is O=c1n(CCc2ccsc2)nc2ccccn12. The number of pyridine rings is 1. The Morgan fingerprint density at radius 3 is 3.00 bits per heavy atom. The number of nitrogens with zero attached hydrogens (tertiary/aromatic N) is 3. The summed E-state index contributed by atoms with van der Waals surface area (Å²) >= 11 is 1.67. The molecule has 5 heteroatoms. The number of fused-ring (bicyclic) bond motifs is 1. The summed E-state index contributed by atoms with van der Waals surface area (Å²) in [5.74, 6) is 0. The monoisotopic (exact) mass is 245 g/mol. The highest BCUT2D eigenvalue weighted by Crippen LogP contribution is 2.07. The lowest BCUT2D eigenvalue weighted by atomic mass is 10.2. The van der Waals surface area contributed by atoms with E-state index in [2.05, 4.69) is 16.5 Å². The van der Waals surface area contributed by atoms with E-state index in [-0.39, 0.29) is 5.69 Å². The van der Waals surface area contributed by atoms with Gasteiger partial charge in [0.05, 0.1) is 6.54 Å². The number of aryl methyl sites for hydroxylation is 2. The van der Waals surface area contributed by atoms with Crippen molar-refractivity contribution in [3.63, 3.8) is 0 Å². The molecule has 0 radical (unpaired) electrons. The minimum atomic E-state index is -0.0733. The van der Waals surface area contributed by atoms with Gasteiger partial charge >= 0.3 is 5.69 Å². The summed E-state index contributed by atoms with van der Waals surface area (Å²) < 4.78 is 3.08. The Bertz CT molecular complexity index is 681. The Kier molecular flexibility index (Phi) is 2.53. The fourth-order valence-corrected chi connectivity index (χ4v) is 2.49. The lowest BCUT2D eigenvalue weighted by Gasteiger charge is -1.96. The highest BCUT2D eigenvalue weighted by molar-refractivity contribution is 7.07. The molecule has 0 fully saturated rings. The molecule has 0 bridgehead atoms. The van der Waals surface area contributed by atoms with Crippen molar-refractivity contribution in [3.8, 4) is 0 Å². The van der Waals surface area contributed by atoms with Gasteiger partial charge in [0.1, 0.15) is 0 Å². The molecule has 0 unspecified atom stereocenters. The maximum absolute atomic E-state index is 12.0. The predicted octanol–water partition coefficient (Wildman–Crippen LogP) is 1.80. The normalized spacial score (nSPS) is 11.1. The van der Waals surface area contributed by atoms with Crippen molar-refractivity contribution in [1.29, 1.82) is 0 Å². The van der Waals surface area contributed by atoms with Crippen LogP contribution in [-0.2, 0) is 13.0 Å². The third kappa shape index (κ3) is 1.89. The van der Waals surface area contributed by atoms with E-state index < -0.39 is 0 Å². The van der Waals surface area contributed by atoms with Crippen molar-refractivity contribution in [2.45, 2.75) is 13.0 Å². The first-order valence-corrected chi connectivity index (χ1v) is 6.34. The molecule has 3 heterocycles. The largest absolute Gasteiger partial charge is 0.350 e. The molecule has 0 atom stereocenters. The molecule has 3 rings (SSSR count). The number of thiophene rings is 1. The van der Waals surface area contributed by atoms with E-state index in [1.165, 1.54) is 10.2 Å². The highest BCUT2D eigenvalue weighted by atomic mass is 32.1. The van der Waals surface area contributed by atoms with Crippen molar-refractivity contribution in [2.75, 3.05) is 0 Å². The minimum Gasteiger partial charge on any atom is -0.250 e. The third-order valence-electron chi connectivity index (χ3n) is 2.68. The summed E-state index contributed by atoms with van der Waals surface area (Å²) in [6.07, 6.45) is 2.58. The summed E-state index contributed by atoms with van der Waals surface area (Å²) in [4.78, 5) is 12.0. The van der Waals surface area contributed by atoms with Gasteiger partial charge in [0.15, 0.2) is 5.65 Å². The van der Waals surface area contributed by atoms with Gasteiger partial charge in [-0.3, -0.25) is 4.40 Å². The molecule has 0 aliphatic rings. The van der Waals surface area contributed by atoms with Crippen molar-refractivity contribution < 1.29 is 0 Å². The average molecular weight is 245 g/mol. The predicted molar refractivity (Wildman–Crippen MR) is 67.5 cm³/mol. The molecule has 0 saturated carbocycles. The zero-order valence-corrected chi connectivity index (χ0v) is 9.93. The molecule has 0 amide bonds. The van der Waals surface area contributed by atoms with E-state index in [1.54, 1.807) is 21.9 Å². The Morgan fingerprint density at radius 1 is 1.29 bits per heavy atom. The lowest BCUT2D eigenvalue weighted by molar-refractivity contribution is 0.593. The Hall–Kier alpha value is -1.88. The van der Waals surface area contributed by atoms with Gasteiger partial charge in [0.2, 0.25) is 0 Å². The van der Waals surface area contributed by atoms with Gasteiger partial charge in [-0.1, -0.05) is 6.07 Å². The summed E-state index contributed by atoms with van der Waals surface area (Å²) in [5, 5.41) is 8.42. The molecule has 17 heavy (non-hydrogen) atoms. The molecule has 3 aromatic heterocycles. The van der Waals surface area contributed by atoms with Crippen LogP contribution < -0.4 is 5.69 Å². The molecule has 3 aromatic rings. The fraction of sp³-hybridized carbons (Fsp3) is 0.167. The standard InChI is InChI=1S/C12H11N3OS/c16-12-14-6-2-1-3-11(14)13-15(12)7-4-10-5-8-17-9-10/h1-3,5-6,8-9H,4,7H2. The van der Waals surface area contributed by atoms with Crippen molar-refractivity contribution >= 4 is 17.0 Å². The first-order chi connectivity index (χ1) is 8.34. The van der Waals surface area contributed by atoms with Gasteiger partial charge in [-0.05, 0) is 40.9 Å². The van der Waals surface area contributed by atoms with Crippen molar-refractivity contribution in [3.05, 3.63) is 57.3 Å². The van der Waals surface area contributed by atoms with E-state index in [1.807, 2.05) is 23.6 Å². The highest BCUT2D eigenvalue weighted by Gasteiger charge is 2.05. The van der Waals surface area contributed by atoms with Crippen LogP contribution in [0, 0.1) is 0 Å². The van der Waals surface area contributed by atoms with Crippen LogP contribution in [0.25, 0.3) is 5.65 Å². The van der Waals surface area contributed by atoms with Crippen LogP contribution >= 0.6 is 11.3 Å². The van der Waals surface area contributed by atoms with E-state index in [4.69, 9.17) is 0 Å². The molecule has 0 aliphatic carbocycles. The van der Waals surface area contributed by atoms with E-state index in [0.717, 1.165) is 6.42 Å². The Morgan fingerprint density at radius 2 is 2.24 bits per heavy atom. The zero-order valence-electron chi connectivity index (χ0n) is 9.11. The number of aromatic nitrogens is 3. The molecule has 86 valence electrons. The number of hydrogen-bond donors (Lipinski definition) is 0. The number of rotatable bonds is 3. The van der Waals surface area contributed by atoms with Crippen LogP contribution in [0.1, 0.15) is 5.56 Å². The molecule has 0 saturated heterocycles. The summed E-state index contributed by atoms with van der Waals surface area (Å²) in [6, 6.07) is 7.62. The van der Waals surface area contributed by atoms with Crippen molar-refractivity contribution in [1.82, 2.24) is 14.2 Å². The Labute approximate surface area is 102 Å². The smallest absolute Gasteiger partial charge is 0.250 e. The van der Waals surface area contributed by atoms with Crippen LogP contribution in [0.3, 0.4) is 0 Å². The van der Waals surface area contributed by atoms with Gasteiger partial charge in [0.25, 0.3) is 0 Å². The number of hydrogen-bond acceptors (Lipinski definition) is 3. The zero-order chi connectivity index (χ0) is 11.7. The van der Waals surface area contributed by atoms with Crippen LogP contribution in [0.2, 0.25) is 0 Å². The molecule has 0 aliphatic heterocycles. The molecule has 0 aromatic carbocycles. The molecular formula is C12H11N3OS. The average Bonchev–Trinajstić information content (AvgIpc) is 2.96. The molecule has 4 nitrogen and oxygen atoms in total. The van der Waals surface area contributed by atoms with Gasteiger partial charge in [-0.2, -0.15) is 11.3 Å². The van der Waals surface area contributed by atoms with Gasteiger partial charge < -0.3 is 0 Å². The topological polar surface area (TPSA) is 39.3 Å². The minimum absolute atomic E-state index is 0.0733. The van der Waals surface area contributed by atoms with Crippen LogP contribution in [0.5, 0.6) is 0 Å². The summed E-state index contributed by atoms with van der Waals surface area (Å²) in [6.45, 7) is 0.622. The summed E-state index contributed by atoms with van der Waals surface area (Å²) in [7, 11) is 0. The second-order valence-corrected chi connectivity index (χ2v) is 4.60. The van der Waals surface area contributed by atoms with Crippen LogP contribution in [-0.4, -0.2) is 14.2 Å². The van der Waals surface area contributed by atoms with E-state index in [0.29, 0.717) is 12.2 Å². The maximum atomic E-state index is 12.0. The quantitative estimate of drug-likeness (QED) is 0.706. The summed E-state index contributed by atoms with van der Waals surface area (Å²) in [5.41, 5.74) is 1.87.